The van der Waals surface area contributed by atoms with Gasteiger partial charge >= 0.3 is 0 Å². The quantitative estimate of drug-likeness (QED) is 0.656. The summed E-state index contributed by atoms with van der Waals surface area (Å²) < 4.78 is 26.6. The first-order chi connectivity index (χ1) is 13.3. The van der Waals surface area contributed by atoms with Crippen LogP contribution in [0.2, 0.25) is 5.02 Å². The van der Waals surface area contributed by atoms with Crippen molar-refractivity contribution in [3.8, 4) is 0 Å². The first kappa shape index (κ1) is 19.9. The van der Waals surface area contributed by atoms with Crippen LogP contribution in [0.5, 0.6) is 0 Å². The zero-order valence-corrected chi connectivity index (χ0v) is 17.0. The second-order valence-electron chi connectivity index (χ2n) is 6.25. The summed E-state index contributed by atoms with van der Waals surface area (Å²) in [7, 11) is -2.18. The number of carbonyl (C=O) groups is 1. The largest absolute Gasteiger partial charge is 0.322 e. The van der Waals surface area contributed by atoms with Crippen molar-refractivity contribution in [2.75, 3.05) is 16.7 Å². The minimum atomic E-state index is -3.66. The molecule has 0 aliphatic rings. The molecule has 0 bridgehead atoms. The van der Waals surface area contributed by atoms with Gasteiger partial charge in [-0.3, -0.25) is 9.10 Å². The Morgan fingerprint density at radius 1 is 0.964 bits per heavy atom. The molecule has 0 heterocycles. The first-order valence-corrected chi connectivity index (χ1v) is 10.3. The summed E-state index contributed by atoms with van der Waals surface area (Å²) >= 11 is 5.93. The van der Waals surface area contributed by atoms with E-state index in [2.05, 4.69) is 5.32 Å². The van der Waals surface area contributed by atoms with Crippen LogP contribution in [0.25, 0.3) is 0 Å². The molecule has 0 spiro atoms. The maximum atomic E-state index is 12.7. The van der Waals surface area contributed by atoms with Crippen LogP contribution in [0.1, 0.15) is 15.9 Å². The average molecular weight is 415 g/mol. The van der Waals surface area contributed by atoms with Gasteiger partial charge in [-0.2, -0.15) is 0 Å². The third-order valence-corrected chi connectivity index (χ3v) is 6.37. The fourth-order valence-electron chi connectivity index (χ4n) is 2.67. The molecular formula is C21H19ClN2O3S. The van der Waals surface area contributed by atoms with Crippen LogP contribution in [0, 0.1) is 6.92 Å². The normalized spacial score (nSPS) is 11.1. The summed E-state index contributed by atoms with van der Waals surface area (Å²) in [5, 5.41) is 3.43. The van der Waals surface area contributed by atoms with Crippen LogP contribution in [-0.4, -0.2) is 21.4 Å². The summed E-state index contributed by atoms with van der Waals surface area (Å²) in [4.78, 5) is 12.7. The summed E-state index contributed by atoms with van der Waals surface area (Å²) in [5.41, 5.74) is 2.40. The van der Waals surface area contributed by atoms with E-state index >= 15 is 0 Å². The predicted octanol–water partition coefficient (Wildman–Crippen LogP) is 4.73. The molecule has 3 rings (SSSR count). The molecule has 3 aromatic rings. The summed E-state index contributed by atoms with van der Waals surface area (Å²) in [5.74, 6) is -0.287. The zero-order chi connectivity index (χ0) is 20.3. The average Bonchev–Trinajstić information content (AvgIpc) is 2.70. The number of benzene rings is 3. The highest BCUT2D eigenvalue weighted by Crippen LogP contribution is 2.23. The number of amides is 1. The van der Waals surface area contributed by atoms with Crippen molar-refractivity contribution in [3.05, 3.63) is 88.9 Å². The standard InChI is InChI=1S/C21H19ClN2O3S/c1-15-14-17(22)10-13-20(15)23-21(25)16-8-11-18(12-9-16)24(2)28(26,27)19-6-4-3-5-7-19/h3-14H,1-2H3,(H,23,25). The van der Waals surface area contributed by atoms with Gasteiger partial charge in [0, 0.05) is 23.3 Å². The maximum absolute atomic E-state index is 12.7. The Bertz CT molecular complexity index is 1100. The molecule has 5 nitrogen and oxygen atoms in total. The van der Waals surface area contributed by atoms with Gasteiger partial charge in [-0.15, -0.1) is 0 Å². The van der Waals surface area contributed by atoms with Crippen molar-refractivity contribution in [2.24, 2.45) is 0 Å². The zero-order valence-electron chi connectivity index (χ0n) is 15.4. The van der Waals surface area contributed by atoms with E-state index in [9.17, 15) is 13.2 Å². The molecule has 7 heteroatoms. The van der Waals surface area contributed by atoms with Crippen LogP contribution in [0.4, 0.5) is 11.4 Å². The molecule has 0 radical (unpaired) electrons. The van der Waals surface area contributed by atoms with E-state index in [1.54, 1.807) is 72.8 Å². The van der Waals surface area contributed by atoms with Crippen molar-refractivity contribution in [1.82, 2.24) is 0 Å². The lowest BCUT2D eigenvalue weighted by atomic mass is 10.1. The van der Waals surface area contributed by atoms with Gasteiger partial charge in [-0.05, 0) is 67.1 Å². The third kappa shape index (κ3) is 4.18. The number of halogens is 1. The van der Waals surface area contributed by atoms with Crippen LogP contribution >= 0.6 is 11.6 Å². The molecule has 28 heavy (non-hydrogen) atoms. The minimum absolute atomic E-state index is 0.206. The van der Waals surface area contributed by atoms with Crippen molar-refractivity contribution >= 4 is 38.9 Å². The van der Waals surface area contributed by atoms with Gasteiger partial charge in [0.25, 0.3) is 15.9 Å². The van der Waals surface area contributed by atoms with Gasteiger partial charge in [0.15, 0.2) is 0 Å². The lowest BCUT2D eigenvalue weighted by molar-refractivity contribution is 0.102. The Balaban J connectivity index is 1.78. The molecule has 1 N–H and O–H groups in total. The van der Waals surface area contributed by atoms with Gasteiger partial charge < -0.3 is 5.32 Å². The minimum Gasteiger partial charge on any atom is -0.322 e. The number of aryl methyl sites for hydroxylation is 1. The number of carbonyl (C=O) groups excluding carboxylic acids is 1. The molecule has 0 saturated carbocycles. The monoisotopic (exact) mass is 414 g/mol. The van der Waals surface area contributed by atoms with E-state index in [4.69, 9.17) is 11.6 Å². The SMILES string of the molecule is Cc1cc(Cl)ccc1NC(=O)c1ccc(N(C)S(=O)(=O)c2ccccc2)cc1. The molecule has 0 fully saturated rings. The number of rotatable bonds is 5. The smallest absolute Gasteiger partial charge is 0.264 e. The van der Waals surface area contributed by atoms with Crippen LogP contribution in [0.15, 0.2) is 77.7 Å². The molecule has 144 valence electrons. The highest BCUT2D eigenvalue weighted by Gasteiger charge is 2.21. The van der Waals surface area contributed by atoms with Crippen LogP contribution in [-0.2, 0) is 10.0 Å². The Kier molecular flexibility index (Phi) is 5.72. The molecule has 3 aromatic carbocycles. The molecule has 0 saturated heterocycles. The summed E-state index contributed by atoms with van der Waals surface area (Å²) in [6.07, 6.45) is 0. The third-order valence-electron chi connectivity index (χ3n) is 4.33. The molecule has 0 atom stereocenters. The maximum Gasteiger partial charge on any atom is 0.264 e. The van der Waals surface area contributed by atoms with Crippen LogP contribution in [0.3, 0.4) is 0 Å². The summed E-state index contributed by atoms with van der Waals surface area (Å²) in [6, 6.07) is 19.8. The van der Waals surface area contributed by atoms with E-state index in [1.165, 1.54) is 11.4 Å². The lowest BCUT2D eigenvalue weighted by Crippen LogP contribution is -2.26. The van der Waals surface area contributed by atoms with E-state index < -0.39 is 10.0 Å². The Hall–Kier alpha value is -2.83. The number of nitrogens with one attached hydrogen (secondary N) is 1. The van der Waals surface area contributed by atoms with Gasteiger partial charge in [0.2, 0.25) is 0 Å². The topological polar surface area (TPSA) is 66.5 Å². The number of sulfonamides is 1. The van der Waals surface area contributed by atoms with Crippen molar-refractivity contribution in [3.63, 3.8) is 0 Å². The van der Waals surface area contributed by atoms with Crippen molar-refractivity contribution in [2.45, 2.75) is 11.8 Å². The molecule has 0 unspecified atom stereocenters. The molecular weight excluding hydrogens is 396 g/mol. The Morgan fingerprint density at radius 2 is 1.61 bits per heavy atom. The first-order valence-electron chi connectivity index (χ1n) is 8.50. The van der Waals surface area contributed by atoms with E-state index in [1.807, 2.05) is 6.92 Å². The number of hydrogen-bond acceptors (Lipinski definition) is 3. The Labute approximate surface area is 169 Å². The van der Waals surface area contributed by atoms with Gasteiger partial charge in [-0.25, -0.2) is 8.42 Å². The molecule has 0 aromatic heterocycles. The fraction of sp³-hybridized carbons (Fsp3) is 0.0952. The Morgan fingerprint density at radius 3 is 2.21 bits per heavy atom. The van der Waals surface area contributed by atoms with Crippen molar-refractivity contribution in [1.29, 1.82) is 0 Å². The van der Waals surface area contributed by atoms with Crippen molar-refractivity contribution < 1.29 is 13.2 Å². The molecule has 0 aliphatic carbocycles. The fourth-order valence-corrected chi connectivity index (χ4v) is 4.12. The predicted molar refractivity (Wildman–Crippen MR) is 113 cm³/mol. The molecule has 1 amide bonds. The number of anilines is 2. The second-order valence-corrected chi connectivity index (χ2v) is 8.65. The summed E-state index contributed by atoms with van der Waals surface area (Å²) in [6.45, 7) is 1.86. The lowest BCUT2D eigenvalue weighted by Gasteiger charge is -2.19. The molecule has 0 aliphatic heterocycles. The number of nitrogens with zero attached hydrogens (tertiary/aromatic N) is 1. The highest BCUT2D eigenvalue weighted by molar-refractivity contribution is 7.92. The van der Waals surface area contributed by atoms with Crippen LogP contribution < -0.4 is 9.62 Å². The second kappa shape index (κ2) is 8.04. The number of hydrogen-bond donors (Lipinski definition) is 1. The van der Waals surface area contributed by atoms with E-state index in [-0.39, 0.29) is 10.8 Å². The van der Waals surface area contributed by atoms with Gasteiger partial charge in [-0.1, -0.05) is 29.8 Å². The van der Waals surface area contributed by atoms with E-state index in [0.717, 1.165) is 5.56 Å². The highest BCUT2D eigenvalue weighted by atomic mass is 35.5. The van der Waals surface area contributed by atoms with Gasteiger partial charge in [0.1, 0.15) is 0 Å². The van der Waals surface area contributed by atoms with E-state index in [0.29, 0.717) is 22.0 Å². The van der Waals surface area contributed by atoms with Gasteiger partial charge in [0.05, 0.1) is 10.6 Å².